The maximum Gasteiger partial charge on any atom is 0.264 e. The van der Waals surface area contributed by atoms with Crippen LogP contribution in [0.15, 0.2) is 82.2 Å². The van der Waals surface area contributed by atoms with Gasteiger partial charge in [-0.1, -0.05) is 70.3 Å². The first-order chi connectivity index (χ1) is 18.7. The van der Waals surface area contributed by atoms with Crippen molar-refractivity contribution in [2.45, 2.75) is 64.1 Å². The third-order valence-electron chi connectivity index (χ3n) is 6.19. The molecule has 0 spiro atoms. The highest BCUT2D eigenvalue weighted by Crippen LogP contribution is 2.27. The molecule has 0 saturated heterocycles. The number of halogens is 2. The summed E-state index contributed by atoms with van der Waals surface area (Å²) >= 11 is 9.82. The zero-order valence-corrected chi connectivity index (χ0v) is 26.5. The molecule has 1 unspecified atom stereocenters. The smallest absolute Gasteiger partial charge is 0.264 e. The molecule has 0 radical (unpaired) electrons. The van der Waals surface area contributed by atoms with Gasteiger partial charge in [0.2, 0.25) is 11.8 Å². The Morgan fingerprint density at radius 1 is 0.975 bits per heavy atom. The van der Waals surface area contributed by atoms with E-state index < -0.39 is 34.1 Å². The summed E-state index contributed by atoms with van der Waals surface area (Å²) in [5.74, 6) is -0.860. The minimum atomic E-state index is -4.13. The number of hydrogen-bond acceptors (Lipinski definition) is 4. The highest BCUT2D eigenvalue weighted by Gasteiger charge is 2.34. The van der Waals surface area contributed by atoms with Gasteiger partial charge in [0.15, 0.2) is 0 Å². The van der Waals surface area contributed by atoms with Crippen molar-refractivity contribution in [3.63, 3.8) is 0 Å². The van der Waals surface area contributed by atoms with E-state index in [0.717, 1.165) is 14.3 Å². The average molecular weight is 649 g/mol. The Balaban J connectivity index is 2.08. The van der Waals surface area contributed by atoms with E-state index in [4.69, 9.17) is 11.6 Å². The molecule has 2 amide bonds. The first-order valence-electron chi connectivity index (χ1n) is 12.9. The summed E-state index contributed by atoms with van der Waals surface area (Å²) in [7, 11) is -4.13. The van der Waals surface area contributed by atoms with E-state index in [1.165, 1.54) is 17.0 Å². The van der Waals surface area contributed by atoms with Crippen molar-refractivity contribution in [2.24, 2.45) is 0 Å². The van der Waals surface area contributed by atoms with Crippen molar-refractivity contribution in [1.29, 1.82) is 0 Å². The first-order valence-corrected chi connectivity index (χ1v) is 15.5. The number of benzene rings is 3. The monoisotopic (exact) mass is 647 g/mol. The van der Waals surface area contributed by atoms with Gasteiger partial charge in [0.1, 0.15) is 12.6 Å². The summed E-state index contributed by atoms with van der Waals surface area (Å²) in [5, 5.41) is 3.40. The number of aryl methyl sites for hydroxylation is 1. The van der Waals surface area contributed by atoms with Crippen molar-refractivity contribution in [1.82, 2.24) is 10.2 Å². The predicted octanol–water partition coefficient (Wildman–Crippen LogP) is 6.33. The van der Waals surface area contributed by atoms with E-state index in [1.807, 2.05) is 34.6 Å². The van der Waals surface area contributed by atoms with Crippen LogP contribution in [0.1, 0.15) is 45.2 Å². The van der Waals surface area contributed by atoms with Gasteiger partial charge in [0, 0.05) is 21.6 Å². The molecule has 1 N–H and O–H groups in total. The third-order valence-corrected chi connectivity index (χ3v) is 8.87. The molecule has 0 aliphatic carbocycles. The van der Waals surface area contributed by atoms with Crippen LogP contribution in [0.25, 0.3) is 0 Å². The van der Waals surface area contributed by atoms with E-state index >= 15 is 0 Å². The summed E-state index contributed by atoms with van der Waals surface area (Å²) in [6.45, 7) is 8.79. The molecule has 0 aromatic heterocycles. The molecular formula is C30H35BrClN3O4S. The van der Waals surface area contributed by atoms with Crippen LogP contribution in [0.3, 0.4) is 0 Å². The van der Waals surface area contributed by atoms with Gasteiger partial charge in [-0.25, -0.2) is 8.42 Å². The third kappa shape index (κ3) is 8.08. The Kier molecular flexibility index (Phi) is 10.4. The Morgan fingerprint density at radius 3 is 2.12 bits per heavy atom. The fourth-order valence-electron chi connectivity index (χ4n) is 4.16. The molecule has 0 bridgehead atoms. The van der Waals surface area contributed by atoms with Gasteiger partial charge < -0.3 is 10.2 Å². The standard InChI is InChI=1S/C30H35BrClN3O4S/c1-6-27(29(37)33-30(3,4)5)34(19-22-9-7-8-10-26(22)32)28(36)20-35(24-15-13-23(31)14-16-24)40(38,39)25-17-11-21(2)12-18-25/h7-18,27H,6,19-20H2,1-5H3,(H,33,37). The average Bonchev–Trinajstić information content (AvgIpc) is 2.88. The number of nitrogens with zero attached hydrogens (tertiary/aromatic N) is 2. The summed E-state index contributed by atoms with van der Waals surface area (Å²) < 4.78 is 29.7. The fraction of sp³-hybridized carbons (Fsp3) is 0.333. The number of carbonyl (C=O) groups is 2. The number of rotatable bonds is 10. The first kappa shape index (κ1) is 31.6. The quantitative estimate of drug-likeness (QED) is 0.279. The molecule has 0 aliphatic heterocycles. The highest BCUT2D eigenvalue weighted by atomic mass is 79.9. The molecule has 0 saturated carbocycles. The molecule has 3 rings (SSSR count). The second-order valence-corrected chi connectivity index (χ2v) is 13.8. The molecule has 0 aliphatic rings. The minimum Gasteiger partial charge on any atom is -0.350 e. The SMILES string of the molecule is CCC(C(=O)NC(C)(C)C)N(Cc1ccccc1Cl)C(=O)CN(c1ccc(Br)cc1)S(=O)(=O)c1ccc(C)cc1. The summed E-state index contributed by atoms with van der Waals surface area (Å²) in [6.07, 6.45) is 0.321. The molecule has 10 heteroatoms. The maximum atomic E-state index is 14.1. The van der Waals surface area contributed by atoms with Gasteiger partial charge in [-0.2, -0.15) is 0 Å². The van der Waals surface area contributed by atoms with Crippen molar-refractivity contribution >= 4 is 55.1 Å². The topological polar surface area (TPSA) is 86.8 Å². The van der Waals surface area contributed by atoms with Crippen LogP contribution in [0, 0.1) is 6.92 Å². The van der Waals surface area contributed by atoms with E-state index in [2.05, 4.69) is 21.2 Å². The largest absolute Gasteiger partial charge is 0.350 e. The molecule has 3 aromatic carbocycles. The van der Waals surface area contributed by atoms with Gasteiger partial charge >= 0.3 is 0 Å². The van der Waals surface area contributed by atoms with Gasteiger partial charge in [-0.15, -0.1) is 0 Å². The number of carbonyl (C=O) groups excluding carboxylic acids is 2. The van der Waals surface area contributed by atoms with Crippen LogP contribution < -0.4 is 9.62 Å². The highest BCUT2D eigenvalue weighted by molar-refractivity contribution is 9.10. The van der Waals surface area contributed by atoms with E-state index in [-0.39, 0.29) is 17.3 Å². The number of anilines is 1. The lowest BCUT2D eigenvalue weighted by Gasteiger charge is -2.35. The van der Waals surface area contributed by atoms with Crippen molar-refractivity contribution < 1.29 is 18.0 Å². The number of sulfonamides is 1. The number of hydrogen-bond donors (Lipinski definition) is 1. The molecule has 214 valence electrons. The lowest BCUT2D eigenvalue weighted by Crippen LogP contribution is -2.55. The van der Waals surface area contributed by atoms with Gasteiger partial charge in [-0.05, 0) is 82.1 Å². The maximum absolute atomic E-state index is 14.1. The van der Waals surface area contributed by atoms with Crippen molar-refractivity contribution in [3.05, 3.63) is 93.4 Å². The Hall–Kier alpha value is -2.88. The van der Waals surface area contributed by atoms with Crippen LogP contribution in [0.5, 0.6) is 0 Å². The lowest BCUT2D eigenvalue weighted by molar-refractivity contribution is -0.141. The summed E-state index contributed by atoms with van der Waals surface area (Å²) in [5.41, 5.74) is 1.35. The van der Waals surface area contributed by atoms with Gasteiger partial charge in [0.25, 0.3) is 10.0 Å². The van der Waals surface area contributed by atoms with E-state index in [0.29, 0.717) is 22.7 Å². The molecule has 0 heterocycles. The van der Waals surface area contributed by atoms with Crippen LogP contribution in [0.4, 0.5) is 5.69 Å². The van der Waals surface area contributed by atoms with Crippen molar-refractivity contribution in [2.75, 3.05) is 10.8 Å². The fourth-order valence-corrected chi connectivity index (χ4v) is 6.03. The Morgan fingerprint density at radius 2 is 1.57 bits per heavy atom. The molecule has 7 nitrogen and oxygen atoms in total. The molecule has 0 fully saturated rings. The zero-order chi connectivity index (χ0) is 29.7. The molecule has 1 atom stereocenters. The van der Waals surface area contributed by atoms with Crippen LogP contribution in [-0.2, 0) is 26.2 Å². The van der Waals surface area contributed by atoms with E-state index in [1.54, 1.807) is 60.7 Å². The summed E-state index contributed by atoms with van der Waals surface area (Å²) in [4.78, 5) is 29.0. The normalized spacial score (nSPS) is 12.5. The predicted molar refractivity (Wildman–Crippen MR) is 164 cm³/mol. The van der Waals surface area contributed by atoms with Crippen molar-refractivity contribution in [3.8, 4) is 0 Å². The molecule has 3 aromatic rings. The Labute approximate surface area is 250 Å². The van der Waals surface area contributed by atoms with Crippen LogP contribution in [0.2, 0.25) is 5.02 Å². The second-order valence-electron chi connectivity index (χ2n) is 10.6. The summed E-state index contributed by atoms with van der Waals surface area (Å²) in [6, 6.07) is 19.4. The lowest BCUT2D eigenvalue weighted by atomic mass is 10.1. The second kappa shape index (κ2) is 13.2. The van der Waals surface area contributed by atoms with Crippen LogP contribution >= 0.6 is 27.5 Å². The van der Waals surface area contributed by atoms with Gasteiger partial charge in [0.05, 0.1) is 10.6 Å². The molecule has 40 heavy (non-hydrogen) atoms. The zero-order valence-electron chi connectivity index (χ0n) is 23.3. The van der Waals surface area contributed by atoms with E-state index in [9.17, 15) is 18.0 Å². The minimum absolute atomic E-state index is 0.0351. The Bertz CT molecular complexity index is 1440. The number of amides is 2. The van der Waals surface area contributed by atoms with Gasteiger partial charge in [-0.3, -0.25) is 13.9 Å². The van der Waals surface area contributed by atoms with Crippen LogP contribution in [-0.4, -0.2) is 43.3 Å². The number of nitrogens with one attached hydrogen (secondary N) is 1. The molecular weight excluding hydrogens is 614 g/mol.